The van der Waals surface area contributed by atoms with Crippen molar-refractivity contribution in [2.24, 2.45) is 0 Å². The summed E-state index contributed by atoms with van der Waals surface area (Å²) in [4.78, 5) is 27.5. The Labute approximate surface area is 173 Å². The molecule has 1 aliphatic rings. The summed E-state index contributed by atoms with van der Waals surface area (Å²) in [6, 6.07) is 4.21. The lowest BCUT2D eigenvalue weighted by atomic mass is 10.1. The van der Waals surface area contributed by atoms with Crippen molar-refractivity contribution in [3.8, 4) is 11.1 Å². The number of carbonyl (C=O) groups excluding carboxylic acids is 2. The highest BCUT2D eigenvalue weighted by Crippen LogP contribution is 2.34. The topological polar surface area (TPSA) is 78.1 Å². The highest BCUT2D eigenvalue weighted by atomic mass is 32.1. The Bertz CT molecular complexity index is 1100. The molecule has 1 fully saturated rings. The van der Waals surface area contributed by atoms with E-state index in [9.17, 15) is 14.9 Å². The number of aromatic nitrogens is 1. The van der Waals surface area contributed by atoms with Crippen LogP contribution < -0.4 is 5.32 Å². The number of thiophene rings is 1. The first kappa shape index (κ1) is 20.0. The first-order chi connectivity index (χ1) is 13.2. The fraction of sp³-hybridized carbons (Fsp3) is 0.300. The highest BCUT2D eigenvalue weighted by Gasteiger charge is 2.32. The van der Waals surface area contributed by atoms with Crippen LogP contribution in [0.4, 0.5) is 0 Å². The molecule has 8 heteroatoms. The van der Waals surface area contributed by atoms with Crippen LogP contribution in [-0.4, -0.2) is 32.9 Å². The Balaban J connectivity index is 2.13. The zero-order chi connectivity index (χ0) is 20.7. The number of nitriles is 1. The molecule has 0 unspecified atom stereocenters. The number of amides is 2. The van der Waals surface area contributed by atoms with Crippen LogP contribution in [0, 0.1) is 39.0 Å². The van der Waals surface area contributed by atoms with Gasteiger partial charge >= 0.3 is 0 Å². The normalized spacial score (nSPS) is 15.9. The van der Waals surface area contributed by atoms with Crippen LogP contribution in [0.25, 0.3) is 11.1 Å². The van der Waals surface area contributed by atoms with E-state index in [0.29, 0.717) is 12.1 Å². The molecule has 2 amide bonds. The maximum Gasteiger partial charge on any atom is 0.265 e. The van der Waals surface area contributed by atoms with Crippen molar-refractivity contribution < 1.29 is 9.59 Å². The molecule has 0 saturated carbocycles. The quantitative estimate of drug-likeness (QED) is 0.477. The van der Waals surface area contributed by atoms with E-state index in [4.69, 9.17) is 12.2 Å². The Morgan fingerprint density at radius 1 is 1.29 bits per heavy atom. The number of hydrogen-bond acceptors (Lipinski definition) is 5. The van der Waals surface area contributed by atoms with Crippen LogP contribution in [0.1, 0.15) is 39.9 Å². The predicted molar refractivity (Wildman–Crippen MR) is 113 cm³/mol. The summed E-state index contributed by atoms with van der Waals surface area (Å²) in [5, 5.41) is 13.1. The average molecular weight is 413 g/mol. The minimum Gasteiger partial charge on any atom is -0.308 e. The summed E-state index contributed by atoms with van der Waals surface area (Å²) in [5.41, 5.74) is 4.22. The standard InChI is InChI=1S/C20H20N4O2S2/c1-6-23-18(26)15(17(25)22-20(23)27)8-14-7-10(2)24(12(14)4)19-16(9-21)11(3)13(5)28-19/h7-8H,6H2,1-5H3,(H,22,25,27)/b15-8+. The highest BCUT2D eigenvalue weighted by molar-refractivity contribution is 7.80. The van der Waals surface area contributed by atoms with Gasteiger partial charge in [-0.15, -0.1) is 11.3 Å². The fourth-order valence-electron chi connectivity index (χ4n) is 3.28. The molecule has 2 aromatic heterocycles. The zero-order valence-corrected chi connectivity index (χ0v) is 18.0. The monoisotopic (exact) mass is 412 g/mol. The lowest BCUT2D eigenvalue weighted by Crippen LogP contribution is -2.53. The molecular formula is C20H20N4O2S2. The van der Waals surface area contributed by atoms with E-state index in [0.717, 1.165) is 32.4 Å². The second kappa shape index (κ2) is 7.34. The van der Waals surface area contributed by atoms with Crippen molar-refractivity contribution in [2.45, 2.75) is 34.6 Å². The fourth-order valence-corrected chi connectivity index (χ4v) is 4.80. The number of hydrogen-bond donors (Lipinski definition) is 1. The minimum atomic E-state index is -0.495. The molecule has 0 aromatic carbocycles. The Morgan fingerprint density at radius 2 is 1.96 bits per heavy atom. The molecule has 144 valence electrons. The van der Waals surface area contributed by atoms with Gasteiger partial charge in [0.25, 0.3) is 11.8 Å². The van der Waals surface area contributed by atoms with Gasteiger partial charge in [-0.25, -0.2) is 0 Å². The zero-order valence-electron chi connectivity index (χ0n) is 16.3. The van der Waals surface area contributed by atoms with Gasteiger partial charge in [0, 0.05) is 22.8 Å². The molecule has 1 aliphatic heterocycles. The number of nitrogens with zero attached hydrogens (tertiary/aromatic N) is 3. The van der Waals surface area contributed by atoms with Crippen LogP contribution in [0.15, 0.2) is 11.6 Å². The predicted octanol–water partition coefficient (Wildman–Crippen LogP) is 3.29. The molecule has 6 nitrogen and oxygen atoms in total. The molecule has 2 aromatic rings. The summed E-state index contributed by atoms with van der Waals surface area (Å²) in [5.74, 6) is -0.897. The third-order valence-electron chi connectivity index (χ3n) is 4.95. The van der Waals surface area contributed by atoms with E-state index < -0.39 is 11.8 Å². The molecular weight excluding hydrogens is 392 g/mol. The van der Waals surface area contributed by atoms with Crippen molar-refractivity contribution in [3.05, 3.63) is 44.6 Å². The summed E-state index contributed by atoms with van der Waals surface area (Å²) < 4.78 is 2.00. The van der Waals surface area contributed by atoms with Crippen molar-refractivity contribution in [1.29, 1.82) is 5.26 Å². The van der Waals surface area contributed by atoms with Crippen molar-refractivity contribution in [3.63, 3.8) is 0 Å². The number of nitrogens with one attached hydrogen (secondary N) is 1. The largest absolute Gasteiger partial charge is 0.308 e. The van der Waals surface area contributed by atoms with Gasteiger partial charge in [-0.05, 0) is 70.1 Å². The molecule has 3 rings (SSSR count). The first-order valence-electron chi connectivity index (χ1n) is 8.79. The summed E-state index contributed by atoms with van der Waals surface area (Å²) in [7, 11) is 0. The minimum absolute atomic E-state index is 0.0507. The summed E-state index contributed by atoms with van der Waals surface area (Å²) in [6.45, 7) is 9.98. The van der Waals surface area contributed by atoms with Gasteiger partial charge < -0.3 is 4.57 Å². The summed E-state index contributed by atoms with van der Waals surface area (Å²) in [6.07, 6.45) is 1.60. The van der Waals surface area contributed by atoms with Gasteiger partial charge in [0.15, 0.2) is 5.11 Å². The lowest BCUT2D eigenvalue weighted by molar-refractivity contribution is -0.128. The lowest BCUT2D eigenvalue weighted by Gasteiger charge is -2.27. The van der Waals surface area contributed by atoms with Crippen LogP contribution in [-0.2, 0) is 9.59 Å². The molecule has 28 heavy (non-hydrogen) atoms. The second-order valence-electron chi connectivity index (χ2n) is 6.60. The van der Waals surface area contributed by atoms with E-state index >= 15 is 0 Å². The molecule has 0 radical (unpaired) electrons. The third-order valence-corrected chi connectivity index (χ3v) is 6.47. The summed E-state index contributed by atoms with van der Waals surface area (Å²) >= 11 is 6.63. The van der Waals surface area contributed by atoms with Gasteiger partial charge in [0.05, 0.1) is 5.56 Å². The smallest absolute Gasteiger partial charge is 0.265 e. The van der Waals surface area contributed by atoms with Crippen LogP contribution >= 0.6 is 23.6 Å². The van der Waals surface area contributed by atoms with Crippen LogP contribution in [0.5, 0.6) is 0 Å². The number of carbonyl (C=O) groups is 2. The van der Waals surface area contributed by atoms with Gasteiger partial charge in [-0.3, -0.25) is 19.8 Å². The van der Waals surface area contributed by atoms with Gasteiger partial charge in [-0.2, -0.15) is 5.26 Å². The molecule has 1 N–H and O–H groups in total. The Morgan fingerprint density at radius 3 is 2.57 bits per heavy atom. The maximum absolute atomic E-state index is 12.7. The third kappa shape index (κ3) is 3.07. The molecule has 0 atom stereocenters. The number of likely N-dealkylation sites (N-methyl/N-ethyl adjacent to an activating group) is 1. The van der Waals surface area contributed by atoms with Crippen LogP contribution in [0.2, 0.25) is 0 Å². The van der Waals surface area contributed by atoms with E-state index in [1.807, 2.05) is 38.3 Å². The van der Waals surface area contributed by atoms with E-state index in [1.165, 1.54) is 4.90 Å². The first-order valence-corrected chi connectivity index (χ1v) is 10.0. The van der Waals surface area contributed by atoms with E-state index in [1.54, 1.807) is 24.3 Å². The average Bonchev–Trinajstić information content (AvgIpc) is 3.07. The van der Waals surface area contributed by atoms with E-state index in [-0.39, 0.29) is 10.7 Å². The molecule has 0 spiro atoms. The SMILES string of the molecule is CCN1C(=O)/C(=C/c2cc(C)n(-c3sc(C)c(C)c3C#N)c2C)C(=O)NC1=S. The molecule has 3 heterocycles. The maximum atomic E-state index is 12.7. The number of rotatable bonds is 3. The Kier molecular flexibility index (Phi) is 5.24. The number of thiocarbonyl (C=S) groups is 1. The number of aryl methyl sites for hydroxylation is 2. The molecule has 0 aliphatic carbocycles. The van der Waals surface area contributed by atoms with Crippen molar-refractivity contribution in [1.82, 2.24) is 14.8 Å². The van der Waals surface area contributed by atoms with Gasteiger partial charge in [-0.1, -0.05) is 0 Å². The van der Waals surface area contributed by atoms with Crippen LogP contribution in [0.3, 0.4) is 0 Å². The van der Waals surface area contributed by atoms with Crippen molar-refractivity contribution in [2.75, 3.05) is 6.54 Å². The van der Waals surface area contributed by atoms with Gasteiger partial charge in [0.2, 0.25) is 0 Å². The molecule has 1 saturated heterocycles. The van der Waals surface area contributed by atoms with E-state index in [2.05, 4.69) is 11.4 Å². The second-order valence-corrected chi connectivity index (χ2v) is 8.19. The Hall–Kier alpha value is -2.76. The van der Waals surface area contributed by atoms with Gasteiger partial charge in [0.1, 0.15) is 16.6 Å². The molecule has 0 bridgehead atoms. The van der Waals surface area contributed by atoms with Crippen molar-refractivity contribution >= 4 is 46.6 Å².